The Hall–Kier alpha value is 1.31. The first-order chi connectivity index (χ1) is 5.57. The second kappa shape index (κ2) is 4.89. The maximum atomic E-state index is 11.1. The van der Waals surface area contributed by atoms with Crippen LogP contribution in [0, 0.1) is 0 Å². The second-order valence-electron chi connectivity index (χ2n) is 2.21. The zero-order chi connectivity index (χ0) is 10.9. The fourth-order valence-corrected chi connectivity index (χ4v) is 1.52. The van der Waals surface area contributed by atoms with Crippen LogP contribution in [0.15, 0.2) is 4.74 Å². The Labute approximate surface area is 101 Å². The maximum Gasteiger partial charge on any atom is 0.299 e. The summed E-state index contributed by atoms with van der Waals surface area (Å²) in [6, 6.07) is 0. The van der Waals surface area contributed by atoms with E-state index in [1.165, 1.54) is 4.67 Å². The van der Waals surface area contributed by atoms with E-state index in [4.69, 9.17) is 57.3 Å². The molecule has 0 aromatic rings. The maximum absolute atomic E-state index is 11.1. The first-order valence-corrected chi connectivity index (χ1v) is 7.52. The summed E-state index contributed by atoms with van der Waals surface area (Å²) in [5.74, 6) is -3.84. The van der Waals surface area contributed by atoms with E-state index in [1.807, 2.05) is 0 Å². The van der Waals surface area contributed by atoms with Crippen molar-refractivity contribution in [3.8, 4) is 0 Å². The van der Waals surface area contributed by atoms with E-state index in [2.05, 4.69) is 4.74 Å². The molecule has 3 nitrogen and oxygen atoms in total. The van der Waals surface area contributed by atoms with Crippen molar-refractivity contribution in [1.82, 2.24) is 4.67 Å². The number of alkyl halides is 3. The van der Waals surface area contributed by atoms with Gasteiger partial charge in [0, 0.05) is 0 Å². The Balaban J connectivity index is 4.87. The van der Waals surface area contributed by atoms with Crippen LogP contribution in [0.5, 0.6) is 0 Å². The van der Waals surface area contributed by atoms with Gasteiger partial charge in [0.25, 0.3) is 9.70 Å². The molecule has 0 saturated carbocycles. The molecule has 0 aliphatic carbocycles. The van der Waals surface area contributed by atoms with Gasteiger partial charge in [0.05, 0.1) is 0 Å². The lowest BCUT2D eigenvalue weighted by molar-refractivity contribution is -0.116. The zero-order valence-corrected chi connectivity index (χ0v) is 11.3. The van der Waals surface area contributed by atoms with E-state index in [9.17, 15) is 4.79 Å². The summed E-state index contributed by atoms with van der Waals surface area (Å²) in [6.45, 7) is 0. The van der Waals surface area contributed by atoms with Crippen molar-refractivity contribution < 1.29 is 4.79 Å². The predicted molar refractivity (Wildman–Crippen MR) is 60.0 cm³/mol. The highest BCUT2D eigenvalue weighted by atomic mass is 35.9. The highest BCUT2D eigenvalue weighted by Crippen LogP contribution is 2.62. The van der Waals surface area contributed by atoms with Crippen molar-refractivity contribution in [1.29, 1.82) is 0 Å². The van der Waals surface area contributed by atoms with Gasteiger partial charge in [-0.05, 0) is 36.6 Å². The van der Waals surface area contributed by atoms with Gasteiger partial charge in [-0.15, -0.1) is 0 Å². The first kappa shape index (κ1) is 14.3. The molecular formula is C4H6Cl5N2OP. The molecule has 0 saturated heterocycles. The third kappa shape index (κ3) is 5.08. The zero-order valence-electron chi connectivity index (χ0n) is 6.64. The van der Waals surface area contributed by atoms with Crippen LogP contribution in [0.4, 0.5) is 0 Å². The summed E-state index contributed by atoms with van der Waals surface area (Å²) in [4.78, 5) is 11.1. The number of carbonyl (C=O) groups excluding carboxylic acids is 1. The number of halogens is 5. The average Bonchev–Trinajstić information content (AvgIpc) is 1.83. The summed E-state index contributed by atoms with van der Waals surface area (Å²) < 4.78 is 2.70. The minimum absolute atomic E-state index is 0.968. The van der Waals surface area contributed by atoms with Gasteiger partial charge in [0.2, 0.25) is 5.91 Å². The molecule has 0 bridgehead atoms. The number of hydrogen-bond donors (Lipinski definition) is 0. The van der Waals surface area contributed by atoms with E-state index in [-0.39, 0.29) is 0 Å². The fourth-order valence-electron chi connectivity index (χ4n) is 0.255. The van der Waals surface area contributed by atoms with E-state index < -0.39 is 15.6 Å². The molecule has 0 aliphatic rings. The summed E-state index contributed by atoms with van der Waals surface area (Å²) in [7, 11) is 3.14. The molecule has 0 heterocycles. The van der Waals surface area contributed by atoms with Crippen LogP contribution < -0.4 is 0 Å². The molecule has 0 aromatic carbocycles. The number of amides is 1. The number of rotatable bonds is 1. The SMILES string of the molecule is CN(C)P(Cl)(Cl)=NC(=O)C(Cl)(Cl)Cl. The Bertz CT molecular complexity index is 254. The minimum Gasteiger partial charge on any atom is -0.268 e. The monoisotopic (exact) mass is 304 g/mol. The van der Waals surface area contributed by atoms with E-state index >= 15 is 0 Å². The van der Waals surface area contributed by atoms with Gasteiger partial charge in [0.15, 0.2) is 0 Å². The normalized spacial score (nSPS) is 13.2. The molecule has 0 radical (unpaired) electrons. The van der Waals surface area contributed by atoms with Gasteiger partial charge in [0.1, 0.15) is 0 Å². The molecule has 9 heteroatoms. The molecule has 0 rings (SSSR count). The van der Waals surface area contributed by atoms with Gasteiger partial charge in [-0.25, -0.2) is 0 Å². The summed E-state index contributed by atoms with van der Waals surface area (Å²) in [5, 5.41) is 0. The van der Waals surface area contributed by atoms with Crippen LogP contribution in [-0.4, -0.2) is 28.5 Å². The van der Waals surface area contributed by atoms with E-state index in [0.717, 1.165) is 0 Å². The highest BCUT2D eigenvalue weighted by molar-refractivity contribution is 8.08. The Kier molecular flexibility index (Phi) is 5.38. The molecule has 13 heavy (non-hydrogen) atoms. The van der Waals surface area contributed by atoms with Crippen LogP contribution in [0.1, 0.15) is 0 Å². The summed E-state index contributed by atoms with van der Waals surface area (Å²) in [6.07, 6.45) is 0. The molecule has 0 fully saturated rings. The Morgan fingerprint density at radius 1 is 1.31 bits per heavy atom. The molecule has 0 atom stereocenters. The largest absolute Gasteiger partial charge is 0.299 e. The topological polar surface area (TPSA) is 32.7 Å². The fraction of sp³-hybridized carbons (Fsp3) is 0.750. The van der Waals surface area contributed by atoms with Crippen molar-refractivity contribution in [2.45, 2.75) is 3.79 Å². The predicted octanol–water partition coefficient (Wildman–Crippen LogP) is 3.87. The second-order valence-corrected chi connectivity index (χ2v) is 9.75. The summed E-state index contributed by atoms with van der Waals surface area (Å²) in [5.41, 5.74) is 0. The van der Waals surface area contributed by atoms with Crippen LogP contribution in [0.2, 0.25) is 0 Å². The third-order valence-corrected chi connectivity index (χ3v) is 5.07. The van der Waals surface area contributed by atoms with Crippen LogP contribution >= 0.6 is 63.2 Å². The lowest BCUT2D eigenvalue weighted by Crippen LogP contribution is -2.16. The van der Waals surface area contributed by atoms with E-state index in [0.29, 0.717) is 0 Å². The quantitative estimate of drug-likeness (QED) is 0.544. The molecule has 0 unspecified atom stereocenters. The lowest BCUT2D eigenvalue weighted by atomic mass is 10.7. The van der Waals surface area contributed by atoms with Crippen molar-refractivity contribution in [3.63, 3.8) is 0 Å². The summed E-state index contributed by atoms with van der Waals surface area (Å²) >= 11 is 27.2. The van der Waals surface area contributed by atoms with Crippen LogP contribution in [0.25, 0.3) is 0 Å². The van der Waals surface area contributed by atoms with Crippen molar-refractivity contribution in [3.05, 3.63) is 0 Å². The molecule has 0 N–H and O–H groups in total. The van der Waals surface area contributed by atoms with Gasteiger partial charge in [-0.1, -0.05) is 34.8 Å². The van der Waals surface area contributed by atoms with Crippen molar-refractivity contribution in [2.24, 2.45) is 4.74 Å². The standard InChI is InChI=1S/C4H6Cl5N2OP/c1-11(2)13(8,9)10-3(12)4(5,6)7/h1-2H3. The van der Waals surface area contributed by atoms with Crippen LogP contribution in [-0.2, 0) is 4.79 Å². The molecule has 1 amide bonds. The molecule has 0 aromatic heterocycles. The highest BCUT2D eigenvalue weighted by Gasteiger charge is 2.33. The smallest absolute Gasteiger partial charge is 0.268 e. The van der Waals surface area contributed by atoms with Gasteiger partial charge >= 0.3 is 0 Å². The number of carbonyl (C=O) groups is 1. The van der Waals surface area contributed by atoms with Gasteiger partial charge in [-0.3, -0.25) is 9.46 Å². The van der Waals surface area contributed by atoms with Gasteiger partial charge < -0.3 is 0 Å². The molecule has 0 spiro atoms. The van der Waals surface area contributed by atoms with Crippen molar-refractivity contribution >= 4 is 69.1 Å². The minimum atomic E-state index is -2.87. The van der Waals surface area contributed by atoms with Crippen molar-refractivity contribution in [2.75, 3.05) is 14.1 Å². The number of hydrogen-bond acceptors (Lipinski definition) is 1. The molecule has 0 aliphatic heterocycles. The molecular weight excluding hydrogens is 300 g/mol. The van der Waals surface area contributed by atoms with Gasteiger partial charge in [-0.2, -0.15) is 4.74 Å². The lowest BCUT2D eigenvalue weighted by Gasteiger charge is -2.17. The Morgan fingerprint density at radius 2 is 1.69 bits per heavy atom. The average molecular weight is 306 g/mol. The Morgan fingerprint density at radius 3 is 1.92 bits per heavy atom. The first-order valence-electron chi connectivity index (χ1n) is 2.88. The van der Waals surface area contributed by atoms with Crippen LogP contribution in [0.3, 0.4) is 0 Å². The number of nitrogens with zero attached hydrogens (tertiary/aromatic N) is 2. The molecule has 78 valence electrons. The van der Waals surface area contributed by atoms with E-state index in [1.54, 1.807) is 14.1 Å². The third-order valence-electron chi connectivity index (χ3n) is 0.935.